The summed E-state index contributed by atoms with van der Waals surface area (Å²) in [5.41, 5.74) is 1.83. The number of hydrogen-bond donors (Lipinski definition) is 0. The van der Waals surface area contributed by atoms with Crippen LogP contribution in [0.3, 0.4) is 0 Å². The largest absolute Gasteiger partial charge is 0.466 e. The third-order valence-electron chi connectivity index (χ3n) is 3.45. The molecule has 1 aliphatic rings. The van der Waals surface area contributed by atoms with Crippen molar-refractivity contribution in [2.24, 2.45) is 11.3 Å². The Morgan fingerprint density at radius 2 is 2.11 bits per heavy atom. The molecule has 0 unspecified atom stereocenters. The normalized spacial score (nSPS) is 23.4. The van der Waals surface area contributed by atoms with E-state index in [4.69, 9.17) is 0 Å². The van der Waals surface area contributed by atoms with Crippen LogP contribution in [0.1, 0.15) is 34.1 Å². The van der Waals surface area contributed by atoms with Crippen LogP contribution in [0.25, 0.3) is 0 Å². The van der Waals surface area contributed by atoms with Crippen LogP contribution in [-0.4, -0.2) is 18.9 Å². The van der Waals surface area contributed by atoms with Gasteiger partial charge in [0, 0.05) is 18.4 Å². The minimum Gasteiger partial charge on any atom is -0.466 e. The van der Waals surface area contributed by atoms with Crippen molar-refractivity contribution in [2.45, 2.75) is 34.1 Å². The number of esters is 1. The van der Waals surface area contributed by atoms with Crippen LogP contribution in [0.2, 0.25) is 0 Å². The molecule has 0 N–H and O–H groups in total. The maximum atomic E-state index is 11.6. The molecule has 0 aliphatic heterocycles. The molecule has 0 fully saturated rings. The van der Waals surface area contributed by atoms with Crippen LogP contribution in [0.5, 0.6) is 0 Å². The van der Waals surface area contributed by atoms with E-state index in [9.17, 15) is 9.59 Å². The molecular formula is C16H22O3. The molecule has 104 valence electrons. The molecule has 19 heavy (non-hydrogen) atoms. The second kappa shape index (κ2) is 6.00. The number of rotatable bonds is 3. The highest BCUT2D eigenvalue weighted by Gasteiger charge is 2.34. The van der Waals surface area contributed by atoms with Gasteiger partial charge in [-0.2, -0.15) is 0 Å². The van der Waals surface area contributed by atoms with Crippen LogP contribution in [0.4, 0.5) is 0 Å². The first kappa shape index (κ1) is 15.4. The summed E-state index contributed by atoms with van der Waals surface area (Å²) in [7, 11) is 1.36. The smallest absolute Gasteiger partial charge is 0.330 e. The van der Waals surface area contributed by atoms with Crippen molar-refractivity contribution in [3.05, 3.63) is 35.5 Å². The van der Waals surface area contributed by atoms with Crippen molar-refractivity contribution >= 4 is 11.8 Å². The lowest BCUT2D eigenvalue weighted by Gasteiger charge is -2.35. The highest BCUT2D eigenvalue weighted by molar-refractivity contribution is 5.92. The molecule has 1 atom stereocenters. The highest BCUT2D eigenvalue weighted by atomic mass is 16.5. The fraction of sp³-hybridized carbons (Fsp3) is 0.500. The predicted molar refractivity (Wildman–Crippen MR) is 75.6 cm³/mol. The zero-order valence-corrected chi connectivity index (χ0v) is 12.3. The summed E-state index contributed by atoms with van der Waals surface area (Å²) in [6.07, 6.45) is 7.71. The Bertz CT molecular complexity index is 464. The van der Waals surface area contributed by atoms with Gasteiger partial charge in [0.25, 0.3) is 0 Å². The standard InChI is InChI=1S/C16H22O3/c1-11(8-15(18)19-5)6-7-14-12(2)9-13(17)10-16(14,3)4/h6-9,14H,10H2,1-5H3/b7-6+,11-8-/t14-/m0/s1. The summed E-state index contributed by atoms with van der Waals surface area (Å²) in [5.74, 6) is 0.0488. The zero-order chi connectivity index (χ0) is 14.6. The molecule has 0 aromatic heterocycles. The van der Waals surface area contributed by atoms with Gasteiger partial charge in [-0.05, 0) is 30.9 Å². The van der Waals surface area contributed by atoms with Gasteiger partial charge in [-0.25, -0.2) is 4.79 Å². The number of carbonyl (C=O) groups is 2. The van der Waals surface area contributed by atoms with Gasteiger partial charge >= 0.3 is 5.97 Å². The average Bonchev–Trinajstić information content (AvgIpc) is 2.25. The molecule has 3 heteroatoms. The summed E-state index contributed by atoms with van der Waals surface area (Å²) in [4.78, 5) is 22.7. The van der Waals surface area contributed by atoms with Crippen LogP contribution < -0.4 is 0 Å². The van der Waals surface area contributed by atoms with Gasteiger partial charge in [0.05, 0.1) is 7.11 Å². The number of ether oxygens (including phenoxy) is 1. The van der Waals surface area contributed by atoms with Crippen LogP contribution in [0.15, 0.2) is 35.5 Å². The van der Waals surface area contributed by atoms with E-state index < -0.39 is 0 Å². The van der Waals surface area contributed by atoms with E-state index in [0.717, 1.165) is 11.1 Å². The molecular weight excluding hydrogens is 240 g/mol. The zero-order valence-electron chi connectivity index (χ0n) is 12.3. The van der Waals surface area contributed by atoms with Crippen LogP contribution in [-0.2, 0) is 14.3 Å². The summed E-state index contributed by atoms with van der Waals surface area (Å²) in [6.45, 7) is 8.02. The molecule has 0 bridgehead atoms. The summed E-state index contributed by atoms with van der Waals surface area (Å²) < 4.78 is 4.58. The molecule has 0 radical (unpaired) electrons. The molecule has 1 aliphatic carbocycles. The monoisotopic (exact) mass is 262 g/mol. The van der Waals surface area contributed by atoms with Gasteiger partial charge in [0.15, 0.2) is 5.78 Å². The van der Waals surface area contributed by atoms with E-state index in [-0.39, 0.29) is 23.1 Å². The first-order valence-electron chi connectivity index (χ1n) is 6.42. The number of methoxy groups -OCH3 is 1. The van der Waals surface area contributed by atoms with Crippen molar-refractivity contribution < 1.29 is 14.3 Å². The second-order valence-corrected chi connectivity index (χ2v) is 5.77. The van der Waals surface area contributed by atoms with E-state index >= 15 is 0 Å². The Morgan fingerprint density at radius 3 is 2.63 bits per heavy atom. The molecule has 0 saturated heterocycles. The number of carbonyl (C=O) groups excluding carboxylic acids is 2. The van der Waals surface area contributed by atoms with Gasteiger partial charge in [0.2, 0.25) is 0 Å². The van der Waals surface area contributed by atoms with Gasteiger partial charge < -0.3 is 4.74 Å². The topological polar surface area (TPSA) is 43.4 Å². The van der Waals surface area contributed by atoms with E-state index in [1.807, 2.05) is 19.9 Å². The quantitative estimate of drug-likeness (QED) is 0.445. The molecule has 0 aromatic rings. The summed E-state index contributed by atoms with van der Waals surface area (Å²) >= 11 is 0. The lowest BCUT2D eigenvalue weighted by atomic mass is 9.68. The molecule has 0 amide bonds. The third-order valence-corrected chi connectivity index (χ3v) is 3.45. The lowest BCUT2D eigenvalue weighted by molar-refractivity contribution is -0.134. The van der Waals surface area contributed by atoms with Crippen molar-refractivity contribution in [2.75, 3.05) is 7.11 Å². The molecule has 1 rings (SSSR count). The predicted octanol–water partition coefficient (Wildman–Crippen LogP) is 3.22. The van der Waals surface area contributed by atoms with Gasteiger partial charge in [-0.1, -0.05) is 31.6 Å². The van der Waals surface area contributed by atoms with E-state index in [1.54, 1.807) is 6.08 Å². The summed E-state index contributed by atoms with van der Waals surface area (Å²) in [5, 5.41) is 0. The van der Waals surface area contributed by atoms with Crippen molar-refractivity contribution in [1.29, 1.82) is 0 Å². The Balaban J connectivity index is 2.91. The van der Waals surface area contributed by atoms with Crippen molar-refractivity contribution in [3.8, 4) is 0 Å². The molecule has 0 heterocycles. The third kappa shape index (κ3) is 4.19. The van der Waals surface area contributed by atoms with Gasteiger partial charge in [-0.3, -0.25) is 4.79 Å². The maximum absolute atomic E-state index is 11.6. The average molecular weight is 262 g/mol. The van der Waals surface area contributed by atoms with Crippen molar-refractivity contribution in [1.82, 2.24) is 0 Å². The first-order valence-corrected chi connectivity index (χ1v) is 6.42. The second-order valence-electron chi connectivity index (χ2n) is 5.77. The summed E-state index contributed by atoms with van der Waals surface area (Å²) in [6, 6.07) is 0. The van der Waals surface area contributed by atoms with Crippen molar-refractivity contribution in [3.63, 3.8) is 0 Å². The number of ketones is 1. The Morgan fingerprint density at radius 1 is 1.47 bits per heavy atom. The van der Waals surface area contributed by atoms with Gasteiger partial charge in [0.1, 0.15) is 0 Å². The van der Waals surface area contributed by atoms with Crippen LogP contribution in [0, 0.1) is 11.3 Å². The maximum Gasteiger partial charge on any atom is 0.330 e. The fourth-order valence-corrected chi connectivity index (χ4v) is 2.52. The molecule has 0 aromatic carbocycles. The van der Waals surface area contributed by atoms with E-state index in [1.165, 1.54) is 13.2 Å². The van der Waals surface area contributed by atoms with E-state index in [2.05, 4.69) is 24.7 Å². The molecule has 0 spiro atoms. The first-order chi connectivity index (χ1) is 8.76. The Labute approximate surface area is 115 Å². The van der Waals surface area contributed by atoms with E-state index in [0.29, 0.717) is 6.42 Å². The minimum atomic E-state index is -0.354. The molecule has 0 saturated carbocycles. The van der Waals surface area contributed by atoms with Gasteiger partial charge in [-0.15, -0.1) is 0 Å². The SMILES string of the molecule is COC(=O)/C=C(C)\C=C\[C@H]1C(C)=CC(=O)CC1(C)C. The molecule has 3 nitrogen and oxygen atoms in total. The minimum absolute atomic E-state index is 0.0854. The fourth-order valence-electron chi connectivity index (χ4n) is 2.52. The van der Waals surface area contributed by atoms with Crippen LogP contribution >= 0.6 is 0 Å². The Kier molecular flexibility index (Phi) is 4.87. The lowest BCUT2D eigenvalue weighted by Crippen LogP contribution is -2.30. The highest BCUT2D eigenvalue weighted by Crippen LogP contribution is 2.40. The number of hydrogen-bond acceptors (Lipinski definition) is 3. The number of allylic oxidation sites excluding steroid dienone is 5. The Hall–Kier alpha value is -1.64.